The molecule has 3 nitrogen and oxygen atoms in total. The van der Waals surface area contributed by atoms with E-state index in [1.807, 2.05) is 6.92 Å². The highest BCUT2D eigenvalue weighted by atomic mass is 28.3. The van der Waals surface area contributed by atoms with E-state index in [0.29, 0.717) is 6.79 Å². The fraction of sp³-hybridized carbons (Fsp3) is 0.857. The molecule has 0 radical (unpaired) electrons. The molecular formula is C14H26O3Si. The van der Waals surface area contributed by atoms with Crippen molar-refractivity contribution in [1.29, 1.82) is 0 Å². The van der Waals surface area contributed by atoms with Crippen LogP contribution in [0.5, 0.6) is 0 Å². The van der Waals surface area contributed by atoms with Crippen molar-refractivity contribution < 1.29 is 14.6 Å². The van der Waals surface area contributed by atoms with Gasteiger partial charge in [-0.05, 0) is 25.0 Å². The maximum absolute atomic E-state index is 11.3. The van der Waals surface area contributed by atoms with Gasteiger partial charge in [0.25, 0.3) is 0 Å². The topological polar surface area (TPSA) is 38.7 Å². The molecule has 2 unspecified atom stereocenters. The van der Waals surface area contributed by atoms with Crippen LogP contribution < -0.4 is 0 Å². The van der Waals surface area contributed by atoms with E-state index in [9.17, 15) is 5.11 Å². The Morgan fingerprint density at radius 3 is 2.50 bits per heavy atom. The molecule has 0 bridgehead atoms. The zero-order valence-electron chi connectivity index (χ0n) is 12.5. The molecule has 1 saturated heterocycles. The van der Waals surface area contributed by atoms with Gasteiger partial charge in [0.1, 0.15) is 11.9 Å². The van der Waals surface area contributed by atoms with Gasteiger partial charge in [-0.3, -0.25) is 0 Å². The molecule has 0 aromatic rings. The van der Waals surface area contributed by atoms with E-state index in [1.54, 1.807) is 0 Å². The van der Waals surface area contributed by atoms with Crippen LogP contribution in [0.4, 0.5) is 0 Å². The summed E-state index contributed by atoms with van der Waals surface area (Å²) in [6.07, 6.45) is 0.877. The standard InChI is InChI=1S/C14H26O3Si/c1-10-12-11(16-9-17-12)7-13(2,3)14(10,15)8-18(4,5)6/h11,15H,7-9H2,1-6H3. The first-order valence-corrected chi connectivity index (χ1v) is 10.5. The number of rotatable bonds is 2. The number of ether oxygens (including phenoxy) is 2. The minimum atomic E-state index is -1.37. The van der Waals surface area contributed by atoms with Crippen LogP contribution >= 0.6 is 0 Å². The van der Waals surface area contributed by atoms with Crippen LogP contribution in [-0.4, -0.2) is 31.7 Å². The summed E-state index contributed by atoms with van der Waals surface area (Å²) in [5.41, 5.74) is 0.0691. The number of aliphatic hydroxyl groups is 1. The third-order valence-corrected chi connectivity index (χ3v) is 5.94. The van der Waals surface area contributed by atoms with E-state index < -0.39 is 13.7 Å². The molecule has 18 heavy (non-hydrogen) atoms. The van der Waals surface area contributed by atoms with E-state index in [0.717, 1.165) is 23.8 Å². The van der Waals surface area contributed by atoms with Gasteiger partial charge in [0, 0.05) is 13.5 Å². The Morgan fingerprint density at radius 2 is 1.94 bits per heavy atom. The Bertz CT molecular complexity index is 381. The summed E-state index contributed by atoms with van der Waals surface area (Å²) in [6.45, 7) is 13.5. The minimum absolute atomic E-state index is 0.0434. The van der Waals surface area contributed by atoms with E-state index >= 15 is 0 Å². The maximum Gasteiger partial charge on any atom is 0.189 e. The summed E-state index contributed by atoms with van der Waals surface area (Å²) < 4.78 is 11.2. The molecule has 0 saturated carbocycles. The van der Waals surface area contributed by atoms with Gasteiger partial charge in [0.15, 0.2) is 6.79 Å². The highest BCUT2D eigenvalue weighted by molar-refractivity contribution is 6.76. The van der Waals surface area contributed by atoms with Crippen LogP contribution in [0, 0.1) is 5.41 Å². The molecule has 1 N–H and O–H groups in total. The third-order valence-electron chi connectivity index (χ3n) is 4.37. The van der Waals surface area contributed by atoms with Crippen molar-refractivity contribution in [3.05, 3.63) is 11.3 Å². The molecule has 1 heterocycles. The average Bonchev–Trinajstić information content (AvgIpc) is 2.59. The lowest BCUT2D eigenvalue weighted by atomic mass is 9.64. The number of fused-ring (bicyclic) bond motifs is 1. The Balaban J connectivity index is 2.45. The maximum atomic E-state index is 11.3. The SMILES string of the molecule is CC1=C2OCOC2CC(C)(C)C1(O)C[Si](C)(C)C. The smallest absolute Gasteiger partial charge is 0.189 e. The van der Waals surface area contributed by atoms with Gasteiger partial charge in [-0.15, -0.1) is 0 Å². The lowest BCUT2D eigenvalue weighted by Gasteiger charge is -2.50. The van der Waals surface area contributed by atoms with Crippen LogP contribution in [0.1, 0.15) is 27.2 Å². The molecule has 4 heteroatoms. The van der Waals surface area contributed by atoms with Gasteiger partial charge in [0.05, 0.1) is 5.60 Å². The number of hydrogen-bond donors (Lipinski definition) is 1. The molecule has 2 aliphatic rings. The zero-order chi connectivity index (χ0) is 13.8. The van der Waals surface area contributed by atoms with Gasteiger partial charge in [-0.2, -0.15) is 0 Å². The lowest BCUT2D eigenvalue weighted by molar-refractivity contribution is -0.0584. The second-order valence-electron chi connectivity index (χ2n) is 7.59. The second kappa shape index (κ2) is 4.08. The molecule has 0 aromatic heterocycles. The highest BCUT2D eigenvalue weighted by Gasteiger charge is 2.54. The zero-order valence-corrected chi connectivity index (χ0v) is 13.5. The fourth-order valence-electron chi connectivity index (χ4n) is 3.33. The lowest BCUT2D eigenvalue weighted by Crippen LogP contribution is -2.54. The first-order valence-electron chi connectivity index (χ1n) is 6.75. The van der Waals surface area contributed by atoms with Crippen LogP contribution in [0.3, 0.4) is 0 Å². The van der Waals surface area contributed by atoms with E-state index in [4.69, 9.17) is 9.47 Å². The predicted octanol–water partition coefficient (Wildman–Crippen LogP) is 3.13. The quantitative estimate of drug-likeness (QED) is 0.784. The highest BCUT2D eigenvalue weighted by Crippen LogP contribution is 2.52. The third kappa shape index (κ3) is 2.15. The van der Waals surface area contributed by atoms with Crippen molar-refractivity contribution in [2.24, 2.45) is 5.41 Å². The average molecular weight is 270 g/mol. The largest absolute Gasteiger partial charge is 0.469 e. The molecule has 1 aliphatic carbocycles. The van der Waals surface area contributed by atoms with Crippen LogP contribution in [0.15, 0.2) is 11.3 Å². The molecule has 2 atom stereocenters. The molecule has 0 aromatic carbocycles. The van der Waals surface area contributed by atoms with Crippen LogP contribution in [0.2, 0.25) is 25.7 Å². The van der Waals surface area contributed by atoms with Gasteiger partial charge in [-0.25, -0.2) is 0 Å². The summed E-state index contributed by atoms with van der Waals surface area (Å²) in [7, 11) is -1.37. The molecule has 1 fully saturated rings. The fourth-order valence-corrected chi connectivity index (χ4v) is 5.61. The molecule has 1 aliphatic heterocycles. The van der Waals surface area contributed by atoms with Crippen molar-refractivity contribution in [1.82, 2.24) is 0 Å². The summed E-state index contributed by atoms with van der Waals surface area (Å²) in [5.74, 6) is 0.884. The monoisotopic (exact) mass is 270 g/mol. The summed E-state index contributed by atoms with van der Waals surface area (Å²) in [6, 6.07) is 0.873. The van der Waals surface area contributed by atoms with E-state index in [2.05, 4.69) is 33.5 Å². The Kier molecular flexibility index (Phi) is 3.20. The first-order chi connectivity index (χ1) is 8.07. The predicted molar refractivity (Wildman–Crippen MR) is 75.0 cm³/mol. The van der Waals surface area contributed by atoms with Gasteiger partial charge in [0.2, 0.25) is 0 Å². The summed E-state index contributed by atoms with van der Waals surface area (Å²) >= 11 is 0. The first kappa shape index (κ1) is 14.1. The molecule has 2 rings (SSSR count). The van der Waals surface area contributed by atoms with Crippen molar-refractivity contribution in [2.75, 3.05) is 6.79 Å². The summed E-state index contributed by atoms with van der Waals surface area (Å²) in [5, 5.41) is 11.3. The molecular weight excluding hydrogens is 244 g/mol. The van der Waals surface area contributed by atoms with Crippen LogP contribution in [0.25, 0.3) is 0 Å². The van der Waals surface area contributed by atoms with Crippen molar-refractivity contribution in [3.63, 3.8) is 0 Å². The van der Waals surface area contributed by atoms with Crippen LogP contribution in [-0.2, 0) is 9.47 Å². The minimum Gasteiger partial charge on any atom is -0.469 e. The number of hydrogen-bond acceptors (Lipinski definition) is 3. The normalized spacial score (nSPS) is 35.4. The molecule has 0 spiro atoms. The molecule has 104 valence electrons. The van der Waals surface area contributed by atoms with Gasteiger partial charge in [-0.1, -0.05) is 33.5 Å². The van der Waals surface area contributed by atoms with Crippen molar-refractivity contribution in [3.8, 4) is 0 Å². The van der Waals surface area contributed by atoms with E-state index in [1.165, 1.54) is 0 Å². The van der Waals surface area contributed by atoms with Gasteiger partial charge >= 0.3 is 0 Å². The Hall–Kier alpha value is -0.323. The molecule has 0 amide bonds. The Labute approximate surface area is 111 Å². The Morgan fingerprint density at radius 1 is 1.33 bits per heavy atom. The second-order valence-corrected chi connectivity index (χ2v) is 13.1. The van der Waals surface area contributed by atoms with E-state index in [-0.39, 0.29) is 11.5 Å². The summed E-state index contributed by atoms with van der Waals surface area (Å²) in [4.78, 5) is 0. The van der Waals surface area contributed by atoms with Crippen molar-refractivity contribution in [2.45, 2.75) is 64.6 Å². The van der Waals surface area contributed by atoms with Gasteiger partial charge < -0.3 is 14.6 Å². The van der Waals surface area contributed by atoms with Crippen molar-refractivity contribution >= 4 is 8.07 Å².